The molecule has 50 heavy (non-hydrogen) atoms. The molecule has 0 bridgehead atoms. The quantitative estimate of drug-likeness (QED) is 0.192. The van der Waals surface area contributed by atoms with Gasteiger partial charge >= 0.3 is 0 Å². The van der Waals surface area contributed by atoms with Crippen molar-refractivity contribution < 1.29 is 4.42 Å². The molecule has 4 heterocycles. The maximum absolute atomic E-state index is 6.29. The van der Waals surface area contributed by atoms with E-state index in [4.69, 9.17) is 9.40 Å². The fourth-order valence-electron chi connectivity index (χ4n) is 8.80. The van der Waals surface area contributed by atoms with E-state index in [1.165, 1.54) is 61.3 Å². The van der Waals surface area contributed by atoms with E-state index >= 15 is 0 Å². The zero-order chi connectivity index (χ0) is 32.9. The Kier molecular flexibility index (Phi) is 5.83. The Hall–Kier alpha value is -6.07. The average molecular weight is 647 g/mol. The van der Waals surface area contributed by atoms with E-state index in [0.29, 0.717) is 0 Å². The third kappa shape index (κ3) is 3.98. The Bertz CT molecular complexity index is 2810. The van der Waals surface area contributed by atoms with Crippen molar-refractivity contribution in [2.24, 2.45) is 5.92 Å². The van der Waals surface area contributed by atoms with Crippen LogP contribution in [0.1, 0.15) is 45.6 Å². The highest BCUT2D eigenvalue weighted by atomic mass is 16.3. The predicted molar refractivity (Wildman–Crippen MR) is 204 cm³/mol. The Morgan fingerprint density at radius 2 is 1.58 bits per heavy atom. The second-order valence-corrected chi connectivity index (χ2v) is 14.0. The normalized spacial score (nSPS) is 18.1. The molecule has 0 amide bonds. The molecule has 0 saturated heterocycles. The molecule has 0 fully saturated rings. The van der Waals surface area contributed by atoms with Gasteiger partial charge in [-0.2, -0.15) is 0 Å². The Morgan fingerprint density at radius 1 is 0.740 bits per heavy atom. The van der Waals surface area contributed by atoms with Gasteiger partial charge in [0.05, 0.1) is 28.3 Å². The standard InChI is InChI=1S/C45H34N4O/c1-28-18-22-43-35(24-28)36-27-32(20-23-44(36)50-43)48-41-17-9-10-29(26-42(41)49-40-16-8-6-14-37(40)46-45(48)49)30-19-21-39-34(25-30)33-13-5-7-15-38(33)47(39)31-11-3-2-4-12-31/h2-16,18-24,26,30,32H,17,25,27H2,1H3. The van der Waals surface area contributed by atoms with Crippen LogP contribution in [-0.4, -0.2) is 18.5 Å². The number of imidazole rings is 2. The lowest BCUT2D eigenvalue weighted by Crippen LogP contribution is -2.15. The highest BCUT2D eigenvalue weighted by molar-refractivity contribution is 5.91. The van der Waals surface area contributed by atoms with Crippen molar-refractivity contribution in [2.45, 2.75) is 32.2 Å². The average Bonchev–Trinajstić information content (AvgIpc) is 3.84. The Balaban J connectivity index is 1.05. The lowest BCUT2D eigenvalue weighted by molar-refractivity contribution is 0.558. The Morgan fingerprint density at radius 3 is 2.50 bits per heavy atom. The van der Waals surface area contributed by atoms with Gasteiger partial charge in [-0.3, -0.25) is 4.40 Å². The van der Waals surface area contributed by atoms with Crippen molar-refractivity contribution in [1.82, 2.24) is 18.5 Å². The number of benzene rings is 4. The largest absolute Gasteiger partial charge is 0.456 e. The summed E-state index contributed by atoms with van der Waals surface area (Å²) in [5.74, 6) is 2.23. The monoisotopic (exact) mass is 646 g/mol. The molecule has 240 valence electrons. The second-order valence-electron chi connectivity index (χ2n) is 14.0. The molecule has 0 radical (unpaired) electrons. The number of furan rings is 1. The summed E-state index contributed by atoms with van der Waals surface area (Å²) >= 11 is 0. The third-order valence-corrected chi connectivity index (χ3v) is 11.1. The van der Waals surface area contributed by atoms with Gasteiger partial charge < -0.3 is 13.6 Å². The van der Waals surface area contributed by atoms with Crippen molar-refractivity contribution in [3.63, 3.8) is 0 Å². The molecular weight excluding hydrogens is 613 g/mol. The summed E-state index contributed by atoms with van der Waals surface area (Å²) in [5.41, 5.74) is 14.7. The molecule has 4 aromatic heterocycles. The molecule has 4 aromatic carbocycles. The highest BCUT2D eigenvalue weighted by Crippen LogP contribution is 2.41. The maximum atomic E-state index is 6.29. The number of hydrogen-bond donors (Lipinski definition) is 0. The molecule has 2 atom stereocenters. The number of aryl methyl sites for hydroxylation is 1. The molecular formula is C45H34N4O. The summed E-state index contributed by atoms with van der Waals surface area (Å²) in [4.78, 5) is 5.28. The van der Waals surface area contributed by atoms with Gasteiger partial charge in [0.2, 0.25) is 5.78 Å². The molecule has 0 aliphatic heterocycles. The van der Waals surface area contributed by atoms with Crippen LogP contribution in [0.4, 0.5) is 0 Å². The molecule has 8 aromatic rings. The summed E-state index contributed by atoms with van der Waals surface area (Å²) in [7, 11) is 0. The minimum Gasteiger partial charge on any atom is -0.456 e. The molecule has 3 aliphatic rings. The summed E-state index contributed by atoms with van der Waals surface area (Å²) in [5, 5.41) is 2.55. The van der Waals surface area contributed by atoms with Crippen LogP contribution in [0.2, 0.25) is 0 Å². The molecule has 0 saturated carbocycles. The van der Waals surface area contributed by atoms with E-state index in [1.807, 2.05) is 0 Å². The highest BCUT2D eigenvalue weighted by Gasteiger charge is 2.30. The molecule has 3 aliphatic carbocycles. The number of rotatable bonds is 3. The summed E-state index contributed by atoms with van der Waals surface area (Å²) in [6.45, 7) is 2.15. The van der Waals surface area contributed by atoms with Gasteiger partial charge in [-0.1, -0.05) is 84.5 Å². The topological polar surface area (TPSA) is 40.3 Å². The van der Waals surface area contributed by atoms with E-state index in [9.17, 15) is 0 Å². The molecule has 0 spiro atoms. The lowest BCUT2D eigenvalue weighted by Gasteiger charge is -2.21. The first-order chi connectivity index (χ1) is 24.7. The van der Waals surface area contributed by atoms with Crippen LogP contribution in [0.3, 0.4) is 0 Å². The first-order valence-corrected chi connectivity index (χ1v) is 17.6. The molecule has 5 nitrogen and oxygen atoms in total. The van der Waals surface area contributed by atoms with Crippen LogP contribution in [0.25, 0.3) is 62.6 Å². The van der Waals surface area contributed by atoms with Crippen molar-refractivity contribution in [1.29, 1.82) is 0 Å². The van der Waals surface area contributed by atoms with Crippen molar-refractivity contribution in [2.75, 3.05) is 0 Å². The zero-order valence-corrected chi connectivity index (χ0v) is 27.8. The van der Waals surface area contributed by atoms with Crippen LogP contribution in [0, 0.1) is 12.8 Å². The number of hydrogen-bond acceptors (Lipinski definition) is 2. The van der Waals surface area contributed by atoms with E-state index in [0.717, 1.165) is 47.4 Å². The number of nitrogens with zero attached hydrogens (tertiary/aromatic N) is 4. The SMILES string of the molecule is Cc1ccc2oc3c(c2c1)CC(n1c2c(n4c5ccccc5nc14)C=C(C1C=Cc4c(c5ccccc5n4-c4ccccc4)C1)C=CC2)C=C3. The smallest absolute Gasteiger partial charge is 0.216 e. The predicted octanol–water partition coefficient (Wildman–Crippen LogP) is 10.5. The fraction of sp³-hybridized carbons (Fsp3) is 0.133. The molecule has 0 N–H and O–H groups in total. The fourth-order valence-corrected chi connectivity index (χ4v) is 8.80. The first-order valence-electron chi connectivity index (χ1n) is 17.6. The zero-order valence-electron chi connectivity index (χ0n) is 27.8. The van der Waals surface area contributed by atoms with Crippen molar-refractivity contribution >= 4 is 56.9 Å². The number of para-hydroxylation sites is 4. The van der Waals surface area contributed by atoms with Crippen molar-refractivity contribution in [3.8, 4) is 5.69 Å². The van der Waals surface area contributed by atoms with E-state index < -0.39 is 0 Å². The van der Waals surface area contributed by atoms with Gasteiger partial charge in [-0.25, -0.2) is 4.98 Å². The van der Waals surface area contributed by atoms with Gasteiger partial charge in [-0.05, 0) is 85.2 Å². The van der Waals surface area contributed by atoms with Gasteiger partial charge in [-0.15, -0.1) is 0 Å². The summed E-state index contributed by atoms with van der Waals surface area (Å²) in [6.07, 6.45) is 19.1. The molecule has 5 heteroatoms. The lowest BCUT2D eigenvalue weighted by atomic mass is 9.86. The maximum Gasteiger partial charge on any atom is 0.216 e. The minimum atomic E-state index is 0.122. The van der Waals surface area contributed by atoms with E-state index in [1.54, 1.807) is 0 Å². The summed E-state index contributed by atoms with van der Waals surface area (Å²) in [6, 6.07) is 34.8. The van der Waals surface area contributed by atoms with Crippen LogP contribution in [0.5, 0.6) is 0 Å². The molecule has 11 rings (SSSR count). The number of allylic oxidation sites excluding steroid dienone is 5. The second kappa shape index (κ2) is 10.5. The summed E-state index contributed by atoms with van der Waals surface area (Å²) < 4.78 is 13.6. The van der Waals surface area contributed by atoms with E-state index in [2.05, 4.69) is 160 Å². The van der Waals surface area contributed by atoms with Gasteiger partial charge in [0.25, 0.3) is 0 Å². The third-order valence-electron chi connectivity index (χ3n) is 11.1. The number of aromatic nitrogens is 4. The molecule has 2 unspecified atom stereocenters. The first kappa shape index (κ1) is 27.8. The minimum absolute atomic E-state index is 0.122. The van der Waals surface area contributed by atoms with Gasteiger partial charge in [0.15, 0.2) is 0 Å². The van der Waals surface area contributed by atoms with Crippen LogP contribution in [-0.2, 0) is 19.3 Å². The van der Waals surface area contributed by atoms with Gasteiger partial charge in [0.1, 0.15) is 11.3 Å². The van der Waals surface area contributed by atoms with Crippen LogP contribution < -0.4 is 0 Å². The van der Waals surface area contributed by atoms with Crippen LogP contribution >= 0.6 is 0 Å². The van der Waals surface area contributed by atoms with E-state index in [-0.39, 0.29) is 12.0 Å². The van der Waals surface area contributed by atoms with Crippen LogP contribution in [0.15, 0.2) is 131 Å². The number of fused-ring (bicyclic) bond motifs is 11. The van der Waals surface area contributed by atoms with Gasteiger partial charge in [0, 0.05) is 52.2 Å². The van der Waals surface area contributed by atoms with Crippen molar-refractivity contribution in [3.05, 3.63) is 166 Å². The Labute approximate surface area is 289 Å².